The molecule has 0 saturated carbocycles. The number of hydrogen-bond donors (Lipinski definition) is 1. The standard InChI is InChI=1S/C17H16N4O5/c1-24-13-7-5-11(21(22)23)9-12(13)17-18-16(19-20-17)10-4-6-14(25-2)15(8-10)26-3/h4-9H,1-3H3,(H,18,19,20). The van der Waals surface area contributed by atoms with E-state index < -0.39 is 4.92 Å². The second-order valence-electron chi connectivity index (χ2n) is 5.22. The van der Waals surface area contributed by atoms with Crippen molar-refractivity contribution >= 4 is 5.69 Å². The summed E-state index contributed by atoms with van der Waals surface area (Å²) in [5, 5.41) is 18.0. The van der Waals surface area contributed by atoms with Gasteiger partial charge in [0.2, 0.25) is 0 Å². The number of benzene rings is 2. The third-order valence-electron chi connectivity index (χ3n) is 3.78. The van der Waals surface area contributed by atoms with Gasteiger partial charge in [-0.25, -0.2) is 4.98 Å². The van der Waals surface area contributed by atoms with Gasteiger partial charge in [-0.1, -0.05) is 0 Å². The summed E-state index contributed by atoms with van der Waals surface area (Å²) in [6.45, 7) is 0. The normalized spacial score (nSPS) is 10.4. The highest BCUT2D eigenvalue weighted by atomic mass is 16.6. The lowest BCUT2D eigenvalue weighted by atomic mass is 10.1. The predicted octanol–water partition coefficient (Wildman–Crippen LogP) is 3.07. The minimum Gasteiger partial charge on any atom is -0.496 e. The Morgan fingerprint density at radius 1 is 0.962 bits per heavy atom. The van der Waals surface area contributed by atoms with Crippen LogP contribution in [0.15, 0.2) is 36.4 Å². The zero-order chi connectivity index (χ0) is 18.7. The molecule has 9 heteroatoms. The quantitative estimate of drug-likeness (QED) is 0.533. The van der Waals surface area contributed by atoms with Gasteiger partial charge in [0.1, 0.15) is 5.75 Å². The van der Waals surface area contributed by atoms with E-state index in [2.05, 4.69) is 15.2 Å². The van der Waals surface area contributed by atoms with Crippen LogP contribution < -0.4 is 14.2 Å². The van der Waals surface area contributed by atoms with Crippen LogP contribution >= 0.6 is 0 Å². The van der Waals surface area contributed by atoms with Crippen LogP contribution in [-0.2, 0) is 0 Å². The van der Waals surface area contributed by atoms with Crippen LogP contribution in [0.25, 0.3) is 22.8 Å². The minimum atomic E-state index is -0.478. The zero-order valence-corrected chi connectivity index (χ0v) is 14.3. The van der Waals surface area contributed by atoms with E-state index in [0.29, 0.717) is 40.0 Å². The van der Waals surface area contributed by atoms with E-state index in [4.69, 9.17) is 14.2 Å². The highest BCUT2D eigenvalue weighted by Crippen LogP contribution is 2.34. The fourth-order valence-electron chi connectivity index (χ4n) is 2.48. The molecular weight excluding hydrogens is 340 g/mol. The molecule has 26 heavy (non-hydrogen) atoms. The lowest BCUT2D eigenvalue weighted by Gasteiger charge is -2.07. The van der Waals surface area contributed by atoms with Gasteiger partial charge >= 0.3 is 0 Å². The fourth-order valence-corrected chi connectivity index (χ4v) is 2.48. The molecule has 0 aliphatic carbocycles. The van der Waals surface area contributed by atoms with Crippen molar-refractivity contribution in [2.75, 3.05) is 21.3 Å². The van der Waals surface area contributed by atoms with Gasteiger partial charge < -0.3 is 14.2 Å². The van der Waals surface area contributed by atoms with Gasteiger partial charge in [0.25, 0.3) is 5.69 Å². The average Bonchev–Trinajstić information content (AvgIpc) is 3.16. The molecule has 0 aliphatic heterocycles. The first-order valence-corrected chi connectivity index (χ1v) is 7.55. The molecule has 0 aliphatic rings. The average molecular weight is 356 g/mol. The number of non-ortho nitro benzene ring substituents is 1. The first-order chi connectivity index (χ1) is 12.6. The molecule has 3 rings (SSSR count). The van der Waals surface area contributed by atoms with Crippen molar-refractivity contribution in [2.45, 2.75) is 0 Å². The number of nitrogens with zero attached hydrogens (tertiary/aromatic N) is 3. The van der Waals surface area contributed by atoms with E-state index >= 15 is 0 Å². The number of nitrogens with one attached hydrogen (secondary N) is 1. The Kier molecular flexibility index (Phi) is 4.70. The largest absolute Gasteiger partial charge is 0.496 e. The van der Waals surface area contributed by atoms with Crippen molar-refractivity contribution in [1.29, 1.82) is 0 Å². The van der Waals surface area contributed by atoms with E-state index in [-0.39, 0.29) is 5.69 Å². The van der Waals surface area contributed by atoms with Gasteiger partial charge in [-0.2, -0.15) is 5.10 Å². The summed E-state index contributed by atoms with van der Waals surface area (Å²) in [5.74, 6) is 2.35. The van der Waals surface area contributed by atoms with Crippen molar-refractivity contribution in [3.05, 3.63) is 46.5 Å². The van der Waals surface area contributed by atoms with Crippen molar-refractivity contribution in [2.24, 2.45) is 0 Å². The second-order valence-corrected chi connectivity index (χ2v) is 5.22. The van der Waals surface area contributed by atoms with Crippen LogP contribution in [0, 0.1) is 10.1 Å². The summed E-state index contributed by atoms with van der Waals surface area (Å²) in [4.78, 5) is 15.0. The second kappa shape index (κ2) is 7.09. The Balaban J connectivity index is 2.03. The molecule has 0 amide bonds. The maximum Gasteiger partial charge on any atom is 0.270 e. The molecule has 3 aromatic rings. The molecule has 0 unspecified atom stereocenters. The number of rotatable bonds is 6. The molecular formula is C17H16N4O5. The number of aromatic nitrogens is 3. The topological polar surface area (TPSA) is 112 Å². The summed E-state index contributed by atoms with van der Waals surface area (Å²) in [5.41, 5.74) is 1.08. The maximum absolute atomic E-state index is 11.0. The van der Waals surface area contributed by atoms with E-state index in [0.717, 1.165) is 0 Å². The van der Waals surface area contributed by atoms with Gasteiger partial charge in [-0.05, 0) is 24.3 Å². The summed E-state index contributed by atoms with van der Waals surface area (Å²) >= 11 is 0. The van der Waals surface area contributed by atoms with Gasteiger partial charge in [-0.3, -0.25) is 15.2 Å². The van der Waals surface area contributed by atoms with E-state index in [1.54, 1.807) is 32.4 Å². The zero-order valence-electron chi connectivity index (χ0n) is 14.3. The van der Waals surface area contributed by atoms with Crippen LogP contribution in [0.3, 0.4) is 0 Å². The van der Waals surface area contributed by atoms with Crippen molar-refractivity contribution in [3.8, 4) is 40.0 Å². The van der Waals surface area contributed by atoms with Crippen LogP contribution in [0.4, 0.5) is 5.69 Å². The third kappa shape index (κ3) is 3.14. The smallest absolute Gasteiger partial charge is 0.270 e. The van der Waals surface area contributed by atoms with Crippen molar-refractivity contribution < 1.29 is 19.1 Å². The van der Waals surface area contributed by atoms with Crippen LogP contribution in [-0.4, -0.2) is 41.4 Å². The Morgan fingerprint density at radius 2 is 1.65 bits per heavy atom. The summed E-state index contributed by atoms with van der Waals surface area (Å²) in [6, 6.07) is 9.56. The van der Waals surface area contributed by atoms with Crippen molar-refractivity contribution in [3.63, 3.8) is 0 Å². The van der Waals surface area contributed by atoms with Crippen LogP contribution in [0.5, 0.6) is 17.2 Å². The molecule has 0 radical (unpaired) electrons. The molecule has 1 N–H and O–H groups in total. The monoisotopic (exact) mass is 356 g/mol. The fraction of sp³-hybridized carbons (Fsp3) is 0.176. The minimum absolute atomic E-state index is 0.0649. The van der Waals surface area contributed by atoms with Gasteiger partial charge in [0.05, 0.1) is 31.8 Å². The van der Waals surface area contributed by atoms with Gasteiger partial charge in [0, 0.05) is 17.7 Å². The maximum atomic E-state index is 11.0. The van der Waals surface area contributed by atoms with Crippen LogP contribution in [0.1, 0.15) is 0 Å². The summed E-state index contributed by atoms with van der Waals surface area (Å²) < 4.78 is 15.8. The first kappa shape index (κ1) is 17.2. The Bertz CT molecular complexity index is 954. The van der Waals surface area contributed by atoms with E-state index in [9.17, 15) is 10.1 Å². The number of nitro benzene ring substituents is 1. The number of H-pyrrole nitrogens is 1. The summed E-state index contributed by atoms with van der Waals surface area (Å²) in [6.07, 6.45) is 0. The van der Waals surface area contributed by atoms with Crippen molar-refractivity contribution in [1.82, 2.24) is 15.2 Å². The predicted molar refractivity (Wildman–Crippen MR) is 93.6 cm³/mol. The highest BCUT2D eigenvalue weighted by Gasteiger charge is 2.17. The number of nitro groups is 1. The Morgan fingerprint density at radius 3 is 2.31 bits per heavy atom. The summed E-state index contributed by atoms with van der Waals surface area (Å²) in [7, 11) is 4.58. The SMILES string of the molecule is COc1ccc(-c2n[nH]c(-c3cc([N+](=O)[O-])ccc3OC)n2)cc1OC. The molecule has 9 nitrogen and oxygen atoms in total. The molecule has 1 heterocycles. The molecule has 0 fully saturated rings. The lowest BCUT2D eigenvalue weighted by Crippen LogP contribution is -1.93. The lowest BCUT2D eigenvalue weighted by molar-refractivity contribution is -0.384. The number of hydrogen-bond acceptors (Lipinski definition) is 7. The first-order valence-electron chi connectivity index (χ1n) is 7.55. The molecule has 0 saturated heterocycles. The van der Waals surface area contributed by atoms with Crippen LogP contribution in [0.2, 0.25) is 0 Å². The Labute approximate surface area is 148 Å². The molecule has 0 bridgehead atoms. The number of ether oxygens (including phenoxy) is 3. The number of aromatic amines is 1. The molecule has 2 aromatic carbocycles. The van der Waals surface area contributed by atoms with Gasteiger partial charge in [-0.15, -0.1) is 0 Å². The molecule has 0 spiro atoms. The third-order valence-corrected chi connectivity index (χ3v) is 3.78. The highest BCUT2D eigenvalue weighted by molar-refractivity contribution is 5.70. The van der Waals surface area contributed by atoms with E-state index in [1.165, 1.54) is 25.3 Å². The molecule has 134 valence electrons. The van der Waals surface area contributed by atoms with Gasteiger partial charge in [0.15, 0.2) is 23.1 Å². The van der Waals surface area contributed by atoms with E-state index in [1.807, 2.05) is 0 Å². The molecule has 0 atom stereocenters. The number of methoxy groups -OCH3 is 3. The Hall–Kier alpha value is -3.62. The molecule has 1 aromatic heterocycles.